The van der Waals surface area contributed by atoms with E-state index in [2.05, 4.69) is 5.32 Å². The lowest BCUT2D eigenvalue weighted by atomic mass is 9.82. The Morgan fingerprint density at radius 2 is 1.96 bits per heavy atom. The van der Waals surface area contributed by atoms with Crippen molar-refractivity contribution in [2.45, 2.75) is 20.0 Å². The molecule has 2 aromatic carbocycles. The minimum absolute atomic E-state index is 0.0545. The Morgan fingerprint density at radius 1 is 1.27 bits per heavy atom. The highest BCUT2D eigenvalue weighted by atomic mass is 16.5. The first-order valence-electron chi connectivity index (χ1n) is 8.14. The third kappa shape index (κ3) is 4.55. The average Bonchev–Trinajstić information content (AvgIpc) is 2.61. The van der Waals surface area contributed by atoms with Crippen LogP contribution in [0.5, 0.6) is 11.5 Å². The van der Waals surface area contributed by atoms with E-state index in [-0.39, 0.29) is 11.7 Å². The molecule has 0 spiro atoms. The molecule has 138 valence electrons. The molecule has 2 rings (SSSR count). The number of aromatic hydroxyl groups is 1. The van der Waals surface area contributed by atoms with Gasteiger partial charge in [-0.25, -0.2) is 0 Å². The summed E-state index contributed by atoms with van der Waals surface area (Å²) >= 11 is 0. The topological polar surface area (TPSA) is 105 Å². The molecule has 2 aromatic rings. The monoisotopic (exact) mass is 356 g/mol. The number of aliphatic hydroxyl groups excluding tert-OH is 1. The summed E-state index contributed by atoms with van der Waals surface area (Å²) in [5.74, 6) is -0.0731. The summed E-state index contributed by atoms with van der Waals surface area (Å²) in [6, 6.07) is 11.7. The van der Waals surface area contributed by atoms with E-state index < -0.39 is 11.5 Å². The molecular weight excluding hydrogens is 332 g/mol. The number of hydrogen-bond acceptors (Lipinski definition) is 5. The van der Waals surface area contributed by atoms with Gasteiger partial charge in [-0.2, -0.15) is 0 Å². The first-order chi connectivity index (χ1) is 12.2. The molecule has 0 radical (unpaired) electrons. The summed E-state index contributed by atoms with van der Waals surface area (Å²) in [4.78, 5) is 12.1. The summed E-state index contributed by atoms with van der Waals surface area (Å²) in [5, 5.41) is 23.2. The van der Waals surface area contributed by atoms with Gasteiger partial charge in [0.25, 0.3) is 0 Å². The number of nitrogen functional groups attached to an aromatic ring is 1. The van der Waals surface area contributed by atoms with Crippen molar-refractivity contribution >= 4 is 17.3 Å². The van der Waals surface area contributed by atoms with Gasteiger partial charge in [-0.3, -0.25) is 4.79 Å². The smallest absolute Gasteiger partial charge is 0.248 e. The lowest BCUT2D eigenvalue weighted by Crippen LogP contribution is -2.20. The van der Waals surface area contributed by atoms with Gasteiger partial charge in [-0.15, -0.1) is 0 Å². The van der Waals surface area contributed by atoms with Crippen molar-refractivity contribution in [2.75, 3.05) is 18.2 Å². The largest absolute Gasteiger partial charge is 0.504 e. The number of nitrogens with two attached hydrogens (primary N) is 1. The van der Waals surface area contributed by atoms with Gasteiger partial charge in [0, 0.05) is 5.41 Å². The normalized spacial score (nSPS) is 12.8. The number of carbonyl (C=O) groups excluding carboxylic acids is 1. The van der Waals surface area contributed by atoms with Gasteiger partial charge in [-0.05, 0) is 35.9 Å². The van der Waals surface area contributed by atoms with Crippen LogP contribution in [0.1, 0.15) is 25.5 Å². The number of anilines is 2. The second-order valence-corrected chi connectivity index (χ2v) is 6.57. The molecule has 0 aliphatic carbocycles. The molecule has 0 bridgehead atoms. The molecule has 0 aliphatic rings. The Bertz CT molecular complexity index is 815. The van der Waals surface area contributed by atoms with E-state index >= 15 is 0 Å². The lowest BCUT2D eigenvalue weighted by Gasteiger charge is -2.27. The molecule has 0 aromatic heterocycles. The minimum atomic E-state index is -0.926. The number of para-hydroxylation sites is 2. The van der Waals surface area contributed by atoms with E-state index in [1.165, 1.54) is 19.3 Å². The lowest BCUT2D eigenvalue weighted by molar-refractivity contribution is -0.112. The number of ether oxygens (including phenoxy) is 1. The van der Waals surface area contributed by atoms with Gasteiger partial charge < -0.3 is 26.0 Å². The fraction of sp³-hybridized carbons (Fsp3) is 0.250. The average molecular weight is 356 g/mol. The Balaban J connectivity index is 2.11. The van der Waals surface area contributed by atoms with Gasteiger partial charge in [0.15, 0.2) is 11.5 Å². The van der Waals surface area contributed by atoms with Gasteiger partial charge >= 0.3 is 0 Å². The maximum atomic E-state index is 12.1. The molecule has 6 nitrogen and oxygen atoms in total. The Labute approximate surface area is 152 Å². The number of benzene rings is 2. The predicted octanol–water partition coefficient (Wildman–Crippen LogP) is 3.24. The molecule has 5 N–H and O–H groups in total. The van der Waals surface area contributed by atoms with Crippen LogP contribution >= 0.6 is 0 Å². The fourth-order valence-electron chi connectivity index (χ4n) is 2.47. The number of aliphatic hydroxyl groups is 1. The molecule has 0 aliphatic heterocycles. The molecule has 0 fully saturated rings. The van der Waals surface area contributed by atoms with Crippen molar-refractivity contribution in [2.24, 2.45) is 5.41 Å². The Morgan fingerprint density at radius 3 is 2.58 bits per heavy atom. The number of rotatable bonds is 6. The van der Waals surface area contributed by atoms with Crippen LogP contribution in [0.2, 0.25) is 0 Å². The molecule has 26 heavy (non-hydrogen) atoms. The number of methoxy groups -OCH3 is 1. The minimum Gasteiger partial charge on any atom is -0.504 e. The maximum Gasteiger partial charge on any atom is 0.248 e. The van der Waals surface area contributed by atoms with Crippen molar-refractivity contribution in [3.8, 4) is 11.5 Å². The summed E-state index contributed by atoms with van der Waals surface area (Å²) in [5.41, 5.74) is 6.57. The molecule has 1 atom stereocenters. The standard InChI is InChI=1S/C20H24N2O4/c1-20(2,19(25)13-8-9-17(26-3)16(23)12-13)11-10-18(24)22-15-7-5-4-6-14(15)21/h4-12,19,23,25H,21H2,1-3H3,(H,22,24)/b11-10+/t19-/m1/s1. The maximum absolute atomic E-state index is 12.1. The van der Waals surface area contributed by atoms with E-state index in [4.69, 9.17) is 10.5 Å². The van der Waals surface area contributed by atoms with Crippen molar-refractivity contribution in [3.05, 3.63) is 60.2 Å². The SMILES string of the molecule is COc1ccc([C@@H](O)C(C)(C)/C=C/C(=O)Nc2ccccc2N)cc1O. The number of amides is 1. The number of nitrogens with one attached hydrogen (secondary N) is 1. The van der Waals surface area contributed by atoms with Crippen molar-refractivity contribution in [1.82, 2.24) is 0 Å². The van der Waals surface area contributed by atoms with E-state index in [0.717, 1.165) is 0 Å². The highest BCUT2D eigenvalue weighted by Crippen LogP contribution is 2.38. The van der Waals surface area contributed by atoms with Crippen molar-refractivity contribution in [3.63, 3.8) is 0 Å². The summed E-state index contributed by atoms with van der Waals surface area (Å²) in [7, 11) is 1.45. The summed E-state index contributed by atoms with van der Waals surface area (Å²) in [6.45, 7) is 3.58. The van der Waals surface area contributed by atoms with Crippen LogP contribution in [0, 0.1) is 5.41 Å². The van der Waals surface area contributed by atoms with E-state index in [9.17, 15) is 15.0 Å². The van der Waals surface area contributed by atoms with Crippen LogP contribution in [0.4, 0.5) is 11.4 Å². The molecular formula is C20H24N2O4. The molecule has 6 heteroatoms. The third-order valence-electron chi connectivity index (χ3n) is 4.11. The van der Waals surface area contributed by atoms with Crippen molar-refractivity contribution in [1.29, 1.82) is 0 Å². The number of carbonyl (C=O) groups is 1. The summed E-state index contributed by atoms with van der Waals surface area (Å²) < 4.78 is 5.00. The molecule has 0 heterocycles. The first-order valence-corrected chi connectivity index (χ1v) is 8.14. The Kier molecular flexibility index (Phi) is 5.90. The van der Waals surface area contributed by atoms with Gasteiger partial charge in [0.2, 0.25) is 5.91 Å². The van der Waals surface area contributed by atoms with E-state index in [0.29, 0.717) is 22.7 Å². The number of hydrogen-bond donors (Lipinski definition) is 4. The zero-order valence-electron chi connectivity index (χ0n) is 15.1. The third-order valence-corrected chi connectivity index (χ3v) is 4.11. The van der Waals surface area contributed by atoms with Crippen LogP contribution in [0.15, 0.2) is 54.6 Å². The first kappa shape index (κ1) is 19.3. The molecule has 0 saturated carbocycles. The highest BCUT2D eigenvalue weighted by Gasteiger charge is 2.27. The van der Waals surface area contributed by atoms with E-state index in [1.807, 2.05) is 0 Å². The highest BCUT2D eigenvalue weighted by molar-refractivity contribution is 6.01. The van der Waals surface area contributed by atoms with Crippen LogP contribution in [0.25, 0.3) is 0 Å². The fourth-order valence-corrected chi connectivity index (χ4v) is 2.47. The molecule has 0 unspecified atom stereocenters. The van der Waals surface area contributed by atoms with Gasteiger partial charge in [0.1, 0.15) is 0 Å². The Hall–Kier alpha value is -2.99. The van der Waals surface area contributed by atoms with Crippen LogP contribution in [-0.2, 0) is 4.79 Å². The molecule has 0 saturated heterocycles. The number of phenolic OH excluding ortho intramolecular Hbond substituents is 1. The van der Waals surface area contributed by atoms with Crippen LogP contribution < -0.4 is 15.8 Å². The molecule has 1 amide bonds. The summed E-state index contributed by atoms with van der Waals surface area (Å²) in [6.07, 6.45) is 2.05. The second-order valence-electron chi connectivity index (χ2n) is 6.57. The second kappa shape index (κ2) is 7.93. The van der Waals surface area contributed by atoms with Crippen molar-refractivity contribution < 1.29 is 19.7 Å². The quantitative estimate of drug-likeness (QED) is 0.470. The van der Waals surface area contributed by atoms with Crippen LogP contribution in [0.3, 0.4) is 0 Å². The zero-order chi connectivity index (χ0) is 19.3. The zero-order valence-corrected chi connectivity index (χ0v) is 15.1. The predicted molar refractivity (Wildman–Crippen MR) is 102 cm³/mol. The number of phenols is 1. The van der Waals surface area contributed by atoms with E-state index in [1.54, 1.807) is 56.3 Å². The van der Waals surface area contributed by atoms with Gasteiger partial charge in [0.05, 0.1) is 24.6 Å². The van der Waals surface area contributed by atoms with Gasteiger partial charge in [-0.1, -0.05) is 38.1 Å². The van der Waals surface area contributed by atoms with Crippen LogP contribution in [-0.4, -0.2) is 23.2 Å².